The van der Waals surface area contributed by atoms with Gasteiger partial charge in [0.2, 0.25) is 29.5 Å². The standard InChI is InChI=1S/C38H61N5O9/c1-7-9-10-11-15-18-27-21-31(46)39-28(19-23(3)4)34(47)41-30(22-44)36(49)43-33(25(6)45)37(50)40-29(20-26-16-13-12-14-17-26)35(48)42-32(24(5)8-2)38(51)52-27/h12-14,16-17,23-25,27-30,32-33,44-45H,7-11,15,18-22H2,1-6H3,(H,39,46)(H,40,50)(H,41,47)(H,42,48)(H,43,49)/t24-,25+,27?,28+,29?,30-,32-,33-/m0/s1. The van der Waals surface area contributed by atoms with Crippen molar-refractivity contribution in [1.29, 1.82) is 0 Å². The lowest BCUT2D eigenvalue weighted by atomic mass is 9.97. The SMILES string of the molecule is CCCCCCCC1CC(=O)N[C@H](CC(C)C)C(=O)N[C@@H](CO)C(=O)N[C@@H]([C@@H](C)O)C(=O)NC(Cc2ccccc2)C(=O)N[C@@H]([C@@H](C)CC)C(=O)O1. The lowest BCUT2D eigenvalue weighted by Crippen LogP contribution is -2.62. The number of nitrogens with one attached hydrogen (secondary N) is 5. The molecule has 292 valence electrons. The number of carbonyl (C=O) groups excluding carboxylic acids is 6. The van der Waals surface area contributed by atoms with Gasteiger partial charge in [-0.05, 0) is 43.6 Å². The Balaban J connectivity index is 2.60. The van der Waals surface area contributed by atoms with Gasteiger partial charge in [0.15, 0.2) is 0 Å². The van der Waals surface area contributed by atoms with E-state index < -0.39 is 90.4 Å². The maximum Gasteiger partial charge on any atom is 0.329 e. The van der Waals surface area contributed by atoms with E-state index in [9.17, 15) is 39.0 Å². The maximum atomic E-state index is 14.0. The zero-order valence-corrected chi connectivity index (χ0v) is 31.6. The Morgan fingerprint density at radius 3 is 1.92 bits per heavy atom. The number of aliphatic hydroxyl groups excluding tert-OH is 2. The van der Waals surface area contributed by atoms with E-state index in [0.29, 0.717) is 24.8 Å². The van der Waals surface area contributed by atoms with Gasteiger partial charge in [0.1, 0.15) is 36.3 Å². The van der Waals surface area contributed by atoms with E-state index in [1.807, 2.05) is 20.8 Å². The number of aliphatic hydroxyl groups is 2. The molecule has 5 amide bonds. The van der Waals surface area contributed by atoms with E-state index >= 15 is 0 Å². The molecule has 1 aliphatic heterocycles. The van der Waals surface area contributed by atoms with Crippen LogP contribution >= 0.6 is 0 Å². The summed E-state index contributed by atoms with van der Waals surface area (Å²) in [5.41, 5.74) is 0.690. The van der Waals surface area contributed by atoms with Crippen molar-refractivity contribution in [1.82, 2.24) is 26.6 Å². The van der Waals surface area contributed by atoms with Crippen LogP contribution in [-0.4, -0.2) is 94.7 Å². The minimum atomic E-state index is -1.59. The molecule has 0 aromatic heterocycles. The summed E-state index contributed by atoms with van der Waals surface area (Å²) in [4.78, 5) is 81.7. The van der Waals surface area contributed by atoms with Crippen molar-refractivity contribution in [3.8, 4) is 0 Å². The van der Waals surface area contributed by atoms with Gasteiger partial charge in [-0.3, -0.25) is 24.0 Å². The van der Waals surface area contributed by atoms with E-state index in [4.69, 9.17) is 4.74 Å². The second-order valence-corrected chi connectivity index (χ2v) is 14.3. The van der Waals surface area contributed by atoms with E-state index in [1.54, 1.807) is 37.3 Å². The zero-order valence-electron chi connectivity index (χ0n) is 31.6. The highest BCUT2D eigenvalue weighted by molar-refractivity contribution is 5.96. The van der Waals surface area contributed by atoms with Crippen LogP contribution in [0.1, 0.15) is 105 Å². The van der Waals surface area contributed by atoms with Crippen LogP contribution in [0.15, 0.2) is 30.3 Å². The largest absolute Gasteiger partial charge is 0.460 e. The van der Waals surface area contributed by atoms with Crippen molar-refractivity contribution >= 4 is 35.5 Å². The Morgan fingerprint density at radius 2 is 1.33 bits per heavy atom. The molecule has 0 bridgehead atoms. The van der Waals surface area contributed by atoms with Gasteiger partial charge in [0.05, 0.1) is 19.1 Å². The van der Waals surface area contributed by atoms with Crippen LogP contribution in [-0.2, 0) is 39.9 Å². The molecular formula is C38H61N5O9. The predicted molar refractivity (Wildman–Crippen MR) is 195 cm³/mol. The average molecular weight is 732 g/mol. The summed E-state index contributed by atoms with van der Waals surface area (Å²) in [5.74, 6) is -5.04. The van der Waals surface area contributed by atoms with Crippen LogP contribution in [0, 0.1) is 11.8 Å². The second kappa shape index (κ2) is 22.8. The number of rotatable bonds is 14. The number of benzene rings is 1. The molecule has 1 heterocycles. The second-order valence-electron chi connectivity index (χ2n) is 14.3. The molecule has 1 fully saturated rings. The summed E-state index contributed by atoms with van der Waals surface area (Å²) in [6, 6.07) is 2.26. The van der Waals surface area contributed by atoms with Crippen molar-refractivity contribution in [3.63, 3.8) is 0 Å². The number of amides is 5. The number of hydrogen-bond acceptors (Lipinski definition) is 9. The molecule has 1 aromatic carbocycles. The molecule has 8 atom stereocenters. The molecule has 0 radical (unpaired) electrons. The number of unbranched alkanes of at least 4 members (excludes halogenated alkanes) is 4. The van der Waals surface area contributed by atoms with Crippen LogP contribution in [0.4, 0.5) is 0 Å². The first kappa shape index (κ1) is 44.1. The molecule has 0 spiro atoms. The Hall–Kier alpha value is -4.04. The third-order valence-electron chi connectivity index (χ3n) is 9.24. The van der Waals surface area contributed by atoms with Crippen LogP contribution in [0.25, 0.3) is 0 Å². The third kappa shape index (κ3) is 14.9. The Morgan fingerprint density at radius 1 is 0.731 bits per heavy atom. The van der Waals surface area contributed by atoms with E-state index in [0.717, 1.165) is 25.7 Å². The van der Waals surface area contributed by atoms with Gasteiger partial charge in [-0.25, -0.2) is 4.79 Å². The fraction of sp³-hybridized carbons (Fsp3) is 0.684. The summed E-state index contributed by atoms with van der Waals surface area (Å²) < 4.78 is 5.97. The fourth-order valence-corrected chi connectivity index (χ4v) is 5.95. The first-order valence-corrected chi connectivity index (χ1v) is 18.7. The molecule has 7 N–H and O–H groups in total. The summed E-state index contributed by atoms with van der Waals surface area (Å²) >= 11 is 0. The first-order valence-electron chi connectivity index (χ1n) is 18.7. The molecule has 14 nitrogen and oxygen atoms in total. The Bertz CT molecular complexity index is 1310. The normalized spacial score (nSPS) is 25.6. The summed E-state index contributed by atoms with van der Waals surface area (Å²) in [6.45, 7) is 9.86. The third-order valence-corrected chi connectivity index (χ3v) is 9.24. The zero-order chi connectivity index (χ0) is 38.8. The van der Waals surface area contributed by atoms with Gasteiger partial charge in [0, 0.05) is 6.42 Å². The average Bonchev–Trinajstić information content (AvgIpc) is 3.09. The smallest absolute Gasteiger partial charge is 0.329 e. The molecular weight excluding hydrogens is 670 g/mol. The highest BCUT2D eigenvalue weighted by atomic mass is 16.5. The number of hydrogen-bond donors (Lipinski definition) is 7. The fourth-order valence-electron chi connectivity index (χ4n) is 5.95. The van der Waals surface area contributed by atoms with Gasteiger partial charge < -0.3 is 41.5 Å². The first-order chi connectivity index (χ1) is 24.7. The van der Waals surface area contributed by atoms with Crippen molar-refractivity contribution in [2.45, 2.75) is 148 Å². The molecule has 14 heteroatoms. The number of esters is 1. The molecule has 0 aliphatic carbocycles. The number of ether oxygens (including phenoxy) is 1. The molecule has 0 saturated carbocycles. The lowest BCUT2D eigenvalue weighted by molar-refractivity contribution is -0.156. The van der Waals surface area contributed by atoms with E-state index in [2.05, 4.69) is 33.5 Å². The van der Waals surface area contributed by atoms with Crippen LogP contribution < -0.4 is 26.6 Å². The lowest BCUT2D eigenvalue weighted by Gasteiger charge is -2.29. The number of cyclic esters (lactones) is 1. The summed E-state index contributed by atoms with van der Waals surface area (Å²) in [7, 11) is 0. The van der Waals surface area contributed by atoms with E-state index in [1.165, 1.54) is 6.92 Å². The van der Waals surface area contributed by atoms with Crippen LogP contribution in [0.3, 0.4) is 0 Å². The molecule has 2 rings (SSSR count). The maximum absolute atomic E-state index is 14.0. The van der Waals surface area contributed by atoms with Gasteiger partial charge in [0.25, 0.3) is 0 Å². The van der Waals surface area contributed by atoms with Crippen LogP contribution in [0.2, 0.25) is 0 Å². The summed E-state index contributed by atoms with van der Waals surface area (Å²) in [5, 5.41) is 33.6. The minimum absolute atomic E-state index is 0.00822. The van der Waals surface area contributed by atoms with Crippen LogP contribution in [0.5, 0.6) is 0 Å². The molecule has 1 aromatic rings. The Labute approximate surface area is 308 Å². The van der Waals surface area contributed by atoms with Gasteiger partial charge in [-0.15, -0.1) is 0 Å². The highest BCUT2D eigenvalue weighted by Crippen LogP contribution is 2.18. The van der Waals surface area contributed by atoms with E-state index in [-0.39, 0.29) is 25.2 Å². The molecule has 1 saturated heterocycles. The molecule has 2 unspecified atom stereocenters. The van der Waals surface area contributed by atoms with Crippen molar-refractivity contribution < 1.29 is 43.7 Å². The monoisotopic (exact) mass is 731 g/mol. The van der Waals surface area contributed by atoms with Gasteiger partial charge >= 0.3 is 5.97 Å². The minimum Gasteiger partial charge on any atom is -0.460 e. The van der Waals surface area contributed by atoms with Crippen molar-refractivity contribution in [2.75, 3.05) is 6.61 Å². The van der Waals surface area contributed by atoms with Crippen molar-refractivity contribution in [3.05, 3.63) is 35.9 Å². The topological polar surface area (TPSA) is 212 Å². The van der Waals surface area contributed by atoms with Gasteiger partial charge in [-0.2, -0.15) is 0 Å². The van der Waals surface area contributed by atoms with Crippen molar-refractivity contribution in [2.24, 2.45) is 11.8 Å². The van der Waals surface area contributed by atoms with Gasteiger partial charge in [-0.1, -0.05) is 97.1 Å². The Kier molecular flexibility index (Phi) is 19.3. The molecule has 1 aliphatic rings. The quantitative estimate of drug-likeness (QED) is 0.110. The summed E-state index contributed by atoms with van der Waals surface area (Å²) in [6.07, 6.45) is 3.15. The highest BCUT2D eigenvalue weighted by Gasteiger charge is 2.36. The molecule has 52 heavy (non-hydrogen) atoms. The number of carbonyl (C=O) groups is 6. The predicted octanol–water partition coefficient (Wildman–Crippen LogP) is 1.79.